The van der Waals surface area contributed by atoms with Gasteiger partial charge in [0.1, 0.15) is 5.75 Å². The van der Waals surface area contributed by atoms with E-state index in [4.69, 9.17) is 9.15 Å². The van der Waals surface area contributed by atoms with Crippen LogP contribution in [-0.4, -0.2) is 12.1 Å². The number of nitrogens with zero attached hydrogens (tertiary/aromatic N) is 1. The minimum absolute atomic E-state index is 0.170. The van der Waals surface area contributed by atoms with Crippen molar-refractivity contribution in [1.29, 1.82) is 0 Å². The van der Waals surface area contributed by atoms with Gasteiger partial charge in [0.2, 0.25) is 5.43 Å². The van der Waals surface area contributed by atoms with Crippen LogP contribution >= 0.6 is 0 Å². The number of pyridine rings is 1. The number of rotatable bonds is 1. The Morgan fingerprint density at radius 3 is 3.00 bits per heavy atom. The van der Waals surface area contributed by atoms with Crippen LogP contribution in [0.15, 0.2) is 45.9 Å². The topological polar surface area (TPSA) is 52.3 Å². The molecule has 0 fully saturated rings. The molecule has 17 heavy (non-hydrogen) atoms. The van der Waals surface area contributed by atoms with Crippen LogP contribution in [0, 0.1) is 0 Å². The summed E-state index contributed by atoms with van der Waals surface area (Å²) in [6.45, 7) is 0. The summed E-state index contributed by atoms with van der Waals surface area (Å²) in [6, 6.07) is 7.05. The van der Waals surface area contributed by atoms with Crippen molar-refractivity contribution in [3.63, 3.8) is 0 Å². The monoisotopic (exact) mass is 227 g/mol. The van der Waals surface area contributed by atoms with Gasteiger partial charge in [-0.05, 0) is 24.3 Å². The lowest BCUT2D eigenvalue weighted by molar-refractivity contribution is 0.414. The molecule has 0 N–H and O–H groups in total. The standard InChI is InChI=1S/C13H9NO3/c1-16-9-6-10-11(14-7-9)3-2-8-4-5-17-13(8)12(10)15/h2-7H,1H3. The Labute approximate surface area is 96.5 Å². The van der Waals surface area contributed by atoms with E-state index in [-0.39, 0.29) is 5.43 Å². The largest absolute Gasteiger partial charge is 0.495 e. The van der Waals surface area contributed by atoms with Crippen LogP contribution in [-0.2, 0) is 0 Å². The highest BCUT2D eigenvalue weighted by molar-refractivity contribution is 5.89. The van der Waals surface area contributed by atoms with E-state index in [0.29, 0.717) is 22.2 Å². The molecule has 0 saturated carbocycles. The average molecular weight is 227 g/mol. The Bertz CT molecular complexity index is 761. The Kier molecular flexibility index (Phi) is 2.08. The maximum Gasteiger partial charge on any atom is 0.231 e. The first-order valence-corrected chi connectivity index (χ1v) is 5.14. The predicted molar refractivity (Wildman–Crippen MR) is 64.3 cm³/mol. The van der Waals surface area contributed by atoms with Crippen LogP contribution < -0.4 is 10.2 Å². The summed E-state index contributed by atoms with van der Waals surface area (Å²) in [7, 11) is 1.54. The van der Waals surface area contributed by atoms with E-state index in [1.54, 1.807) is 31.5 Å². The summed E-state index contributed by atoms with van der Waals surface area (Å²) in [4.78, 5) is 16.4. The molecule has 0 aliphatic heterocycles. The maximum atomic E-state index is 12.2. The molecule has 2 heterocycles. The van der Waals surface area contributed by atoms with Crippen molar-refractivity contribution in [2.24, 2.45) is 0 Å². The fourth-order valence-electron chi connectivity index (χ4n) is 1.81. The van der Waals surface area contributed by atoms with Crippen molar-refractivity contribution in [3.05, 3.63) is 46.9 Å². The van der Waals surface area contributed by atoms with Gasteiger partial charge >= 0.3 is 0 Å². The second kappa shape index (κ2) is 3.59. The average Bonchev–Trinajstić information content (AvgIpc) is 2.79. The molecule has 0 aliphatic rings. The van der Waals surface area contributed by atoms with Gasteiger partial charge in [-0.25, -0.2) is 0 Å². The molecule has 3 rings (SSSR count). The first kappa shape index (κ1) is 9.84. The molecule has 2 aromatic heterocycles. The number of furan rings is 1. The lowest BCUT2D eigenvalue weighted by Gasteiger charge is -1.97. The zero-order valence-electron chi connectivity index (χ0n) is 9.14. The molecular weight excluding hydrogens is 218 g/mol. The fraction of sp³-hybridized carbons (Fsp3) is 0.0769. The third kappa shape index (κ3) is 1.45. The van der Waals surface area contributed by atoms with Crippen LogP contribution in [0.4, 0.5) is 0 Å². The van der Waals surface area contributed by atoms with Gasteiger partial charge in [0, 0.05) is 5.39 Å². The van der Waals surface area contributed by atoms with Gasteiger partial charge in [-0.2, -0.15) is 0 Å². The molecule has 1 aromatic carbocycles. The van der Waals surface area contributed by atoms with Gasteiger partial charge in [0.15, 0.2) is 5.58 Å². The Morgan fingerprint density at radius 1 is 1.29 bits per heavy atom. The van der Waals surface area contributed by atoms with Gasteiger partial charge < -0.3 is 9.15 Å². The van der Waals surface area contributed by atoms with Crippen LogP contribution in [0.5, 0.6) is 5.75 Å². The van der Waals surface area contributed by atoms with Crippen molar-refractivity contribution in [1.82, 2.24) is 4.98 Å². The number of aromatic nitrogens is 1. The van der Waals surface area contributed by atoms with Crippen molar-refractivity contribution in [2.75, 3.05) is 7.11 Å². The maximum absolute atomic E-state index is 12.2. The van der Waals surface area contributed by atoms with E-state index < -0.39 is 0 Å². The van der Waals surface area contributed by atoms with Crippen molar-refractivity contribution in [2.45, 2.75) is 0 Å². The highest BCUT2D eigenvalue weighted by Gasteiger charge is 2.06. The molecule has 0 spiro atoms. The highest BCUT2D eigenvalue weighted by atomic mass is 16.5. The van der Waals surface area contributed by atoms with E-state index >= 15 is 0 Å². The third-order valence-electron chi connectivity index (χ3n) is 2.70. The third-order valence-corrected chi connectivity index (χ3v) is 2.70. The summed E-state index contributed by atoms with van der Waals surface area (Å²) in [6.07, 6.45) is 3.09. The first-order valence-electron chi connectivity index (χ1n) is 5.14. The molecule has 0 amide bonds. The van der Waals surface area contributed by atoms with E-state index in [1.165, 1.54) is 6.26 Å². The van der Waals surface area contributed by atoms with E-state index in [1.807, 2.05) is 6.07 Å². The molecule has 84 valence electrons. The Morgan fingerprint density at radius 2 is 2.18 bits per heavy atom. The normalized spacial score (nSPS) is 10.9. The zero-order chi connectivity index (χ0) is 11.8. The van der Waals surface area contributed by atoms with Crippen molar-refractivity contribution < 1.29 is 9.15 Å². The SMILES string of the molecule is COc1cnc2ccc3ccoc3c(=O)c2c1. The summed E-state index contributed by atoms with van der Waals surface area (Å²) in [5.41, 5.74) is 0.800. The first-order chi connectivity index (χ1) is 8.29. The molecule has 0 atom stereocenters. The number of hydrogen-bond donors (Lipinski definition) is 0. The molecule has 4 heteroatoms. The molecule has 0 bridgehead atoms. The zero-order valence-corrected chi connectivity index (χ0v) is 9.14. The van der Waals surface area contributed by atoms with Gasteiger partial charge in [-0.15, -0.1) is 0 Å². The van der Waals surface area contributed by atoms with E-state index in [9.17, 15) is 4.79 Å². The minimum atomic E-state index is -0.170. The van der Waals surface area contributed by atoms with Crippen LogP contribution in [0.1, 0.15) is 0 Å². The Hall–Kier alpha value is -2.36. The lowest BCUT2D eigenvalue weighted by atomic mass is 10.2. The van der Waals surface area contributed by atoms with Gasteiger partial charge in [-0.3, -0.25) is 9.78 Å². The quantitative estimate of drug-likeness (QED) is 0.640. The smallest absolute Gasteiger partial charge is 0.231 e. The second-order valence-electron chi connectivity index (χ2n) is 3.68. The molecule has 0 saturated heterocycles. The molecular formula is C13H9NO3. The van der Waals surface area contributed by atoms with Crippen LogP contribution in [0.2, 0.25) is 0 Å². The molecule has 3 aromatic rings. The summed E-state index contributed by atoms with van der Waals surface area (Å²) < 4.78 is 10.3. The fourth-order valence-corrected chi connectivity index (χ4v) is 1.81. The molecule has 0 radical (unpaired) electrons. The predicted octanol–water partition coefficient (Wildman–Crippen LogP) is 2.35. The summed E-state index contributed by atoms with van der Waals surface area (Å²) >= 11 is 0. The number of hydrogen-bond acceptors (Lipinski definition) is 4. The number of methoxy groups -OCH3 is 1. The molecule has 4 nitrogen and oxygen atoms in total. The van der Waals surface area contributed by atoms with Crippen LogP contribution in [0.25, 0.3) is 21.9 Å². The van der Waals surface area contributed by atoms with Gasteiger partial charge in [0.05, 0.1) is 30.5 Å². The second-order valence-corrected chi connectivity index (χ2v) is 3.68. The van der Waals surface area contributed by atoms with E-state index in [0.717, 1.165) is 5.39 Å². The Balaban J connectivity index is 2.56. The molecule has 0 unspecified atom stereocenters. The summed E-state index contributed by atoms with van der Waals surface area (Å²) in [5.74, 6) is 0.556. The van der Waals surface area contributed by atoms with Gasteiger partial charge in [-0.1, -0.05) is 0 Å². The molecule has 0 aliphatic carbocycles. The van der Waals surface area contributed by atoms with Crippen LogP contribution in [0.3, 0.4) is 0 Å². The minimum Gasteiger partial charge on any atom is -0.495 e. The summed E-state index contributed by atoms with van der Waals surface area (Å²) in [5, 5.41) is 1.27. The van der Waals surface area contributed by atoms with E-state index in [2.05, 4.69) is 4.98 Å². The van der Waals surface area contributed by atoms with Crippen molar-refractivity contribution >= 4 is 21.9 Å². The number of fused-ring (bicyclic) bond motifs is 2. The van der Waals surface area contributed by atoms with Crippen molar-refractivity contribution in [3.8, 4) is 5.75 Å². The number of ether oxygens (including phenoxy) is 1. The van der Waals surface area contributed by atoms with Gasteiger partial charge in [0.25, 0.3) is 0 Å². The highest BCUT2D eigenvalue weighted by Crippen LogP contribution is 2.18. The lowest BCUT2D eigenvalue weighted by Crippen LogP contribution is -1.98.